The van der Waals surface area contributed by atoms with Crippen LogP contribution in [0, 0.1) is 17.6 Å². The van der Waals surface area contributed by atoms with Gasteiger partial charge in [0.2, 0.25) is 5.91 Å². The van der Waals surface area contributed by atoms with Crippen LogP contribution in [0.25, 0.3) is 10.8 Å². The van der Waals surface area contributed by atoms with E-state index >= 15 is 0 Å². The van der Waals surface area contributed by atoms with Crippen LogP contribution in [0.3, 0.4) is 0 Å². The van der Waals surface area contributed by atoms with Crippen molar-refractivity contribution in [2.45, 2.75) is 58.0 Å². The SMILES string of the molecule is CC(C)[C@H](N)C(=O)OCCCC[C@@H](COC(=O)Nc1cc2cc(F)ccc2cn1)N(C)C(=O)CCc1cccc(F)c1Cl. The van der Waals surface area contributed by atoms with E-state index in [9.17, 15) is 23.2 Å². The zero-order valence-corrected chi connectivity index (χ0v) is 25.2. The molecule has 3 aromatic rings. The molecule has 232 valence electrons. The van der Waals surface area contributed by atoms with Gasteiger partial charge in [0.1, 0.15) is 30.1 Å². The molecule has 12 heteroatoms. The molecule has 43 heavy (non-hydrogen) atoms. The Balaban J connectivity index is 1.59. The zero-order valence-electron chi connectivity index (χ0n) is 24.4. The average molecular weight is 619 g/mol. The van der Waals surface area contributed by atoms with E-state index in [1.54, 1.807) is 19.2 Å². The van der Waals surface area contributed by atoms with Crippen molar-refractivity contribution in [2.24, 2.45) is 11.7 Å². The Kier molecular flexibility index (Phi) is 12.6. The van der Waals surface area contributed by atoms with E-state index in [0.29, 0.717) is 35.6 Å². The van der Waals surface area contributed by atoms with E-state index in [-0.39, 0.29) is 48.7 Å². The fraction of sp³-hybridized carbons (Fsp3) is 0.419. The van der Waals surface area contributed by atoms with E-state index in [2.05, 4.69) is 10.3 Å². The molecule has 1 aromatic heterocycles. The molecule has 0 aliphatic heterocycles. The Morgan fingerprint density at radius 1 is 1.07 bits per heavy atom. The lowest BCUT2D eigenvalue weighted by atomic mass is 10.1. The largest absolute Gasteiger partial charge is 0.465 e. The first-order chi connectivity index (χ1) is 20.5. The third-order valence-corrected chi connectivity index (χ3v) is 7.49. The molecule has 2 amide bonds. The van der Waals surface area contributed by atoms with Gasteiger partial charge < -0.3 is 20.1 Å². The predicted octanol–water partition coefficient (Wildman–Crippen LogP) is 5.87. The Morgan fingerprint density at radius 3 is 2.58 bits per heavy atom. The van der Waals surface area contributed by atoms with E-state index in [0.717, 1.165) is 0 Å². The molecule has 9 nitrogen and oxygen atoms in total. The summed E-state index contributed by atoms with van der Waals surface area (Å²) in [6.45, 7) is 3.70. The summed E-state index contributed by atoms with van der Waals surface area (Å²) in [4.78, 5) is 43.3. The van der Waals surface area contributed by atoms with Crippen molar-refractivity contribution >= 4 is 46.2 Å². The summed E-state index contributed by atoms with van der Waals surface area (Å²) in [5.41, 5.74) is 6.33. The maximum absolute atomic E-state index is 13.8. The van der Waals surface area contributed by atoms with Crippen LogP contribution >= 0.6 is 11.6 Å². The quantitative estimate of drug-likeness (QED) is 0.171. The van der Waals surface area contributed by atoms with E-state index in [1.807, 2.05) is 13.8 Å². The number of likely N-dealkylation sites (N-methyl/N-ethyl adjacent to an activating group) is 1. The lowest BCUT2D eigenvalue weighted by Crippen LogP contribution is -2.41. The summed E-state index contributed by atoms with van der Waals surface area (Å²) >= 11 is 6.04. The molecule has 0 aliphatic carbocycles. The molecule has 3 rings (SSSR count). The summed E-state index contributed by atoms with van der Waals surface area (Å²) in [5.74, 6) is -1.56. The maximum Gasteiger partial charge on any atom is 0.412 e. The number of ether oxygens (including phenoxy) is 2. The summed E-state index contributed by atoms with van der Waals surface area (Å²) in [7, 11) is 1.60. The number of nitrogens with two attached hydrogens (primary N) is 1. The minimum Gasteiger partial charge on any atom is -0.465 e. The van der Waals surface area contributed by atoms with Crippen molar-refractivity contribution in [1.29, 1.82) is 0 Å². The van der Waals surface area contributed by atoms with Crippen molar-refractivity contribution < 1.29 is 32.6 Å². The lowest BCUT2D eigenvalue weighted by Gasteiger charge is -2.28. The van der Waals surface area contributed by atoms with Gasteiger partial charge in [0.05, 0.1) is 17.7 Å². The first kappa shape index (κ1) is 33.7. The molecule has 0 saturated carbocycles. The van der Waals surface area contributed by atoms with Gasteiger partial charge in [-0.2, -0.15) is 0 Å². The third-order valence-electron chi connectivity index (χ3n) is 7.07. The first-order valence-corrected chi connectivity index (χ1v) is 14.4. The van der Waals surface area contributed by atoms with Gasteiger partial charge in [-0.25, -0.2) is 18.6 Å². The number of carbonyl (C=O) groups is 3. The number of fused-ring (bicyclic) bond motifs is 1. The molecule has 3 N–H and O–H groups in total. The number of rotatable bonds is 14. The van der Waals surface area contributed by atoms with E-state index in [1.165, 1.54) is 41.4 Å². The van der Waals surface area contributed by atoms with Crippen LogP contribution in [0.1, 0.15) is 45.1 Å². The van der Waals surface area contributed by atoms with E-state index < -0.39 is 35.8 Å². The van der Waals surface area contributed by atoms with Crippen molar-refractivity contribution in [1.82, 2.24) is 9.88 Å². The van der Waals surface area contributed by atoms with Crippen LogP contribution in [0.15, 0.2) is 48.7 Å². The molecular weight excluding hydrogens is 582 g/mol. The van der Waals surface area contributed by atoms with Gasteiger partial charge >= 0.3 is 12.1 Å². The van der Waals surface area contributed by atoms with Gasteiger partial charge in [0.25, 0.3) is 0 Å². The smallest absolute Gasteiger partial charge is 0.412 e. The summed E-state index contributed by atoms with van der Waals surface area (Å²) in [5, 5.41) is 3.77. The highest BCUT2D eigenvalue weighted by atomic mass is 35.5. The van der Waals surface area contributed by atoms with Gasteiger partial charge in [0, 0.05) is 25.1 Å². The monoisotopic (exact) mass is 618 g/mol. The number of hydrogen-bond donors (Lipinski definition) is 2. The lowest BCUT2D eigenvalue weighted by molar-refractivity contribution is -0.146. The highest BCUT2D eigenvalue weighted by Gasteiger charge is 2.23. The van der Waals surface area contributed by atoms with Crippen LogP contribution in [-0.2, 0) is 25.5 Å². The van der Waals surface area contributed by atoms with Gasteiger partial charge in [-0.1, -0.05) is 37.6 Å². The number of nitrogens with zero attached hydrogens (tertiary/aromatic N) is 2. The molecule has 2 atom stereocenters. The second-order valence-electron chi connectivity index (χ2n) is 10.6. The Hall–Kier alpha value is -3.83. The number of carbonyl (C=O) groups excluding carboxylic acids is 3. The number of unbranched alkanes of at least 4 members (excludes halogenated alkanes) is 1. The Labute approximate surface area is 254 Å². The predicted molar refractivity (Wildman–Crippen MR) is 161 cm³/mol. The normalized spacial score (nSPS) is 12.6. The molecule has 0 spiro atoms. The zero-order chi connectivity index (χ0) is 31.5. The number of hydrogen-bond acceptors (Lipinski definition) is 7. The number of benzene rings is 2. The minimum atomic E-state index is -0.794. The molecule has 0 fully saturated rings. The minimum absolute atomic E-state index is 0.0220. The van der Waals surface area contributed by atoms with Crippen LogP contribution in [0.4, 0.5) is 19.4 Å². The van der Waals surface area contributed by atoms with Crippen LogP contribution in [0.2, 0.25) is 5.02 Å². The molecule has 0 saturated heterocycles. The molecule has 2 aromatic carbocycles. The first-order valence-electron chi connectivity index (χ1n) is 14.1. The van der Waals surface area contributed by atoms with Crippen molar-refractivity contribution in [3.05, 3.63) is 70.9 Å². The number of esters is 1. The number of anilines is 1. The summed E-state index contributed by atoms with van der Waals surface area (Å²) < 4.78 is 38.1. The average Bonchev–Trinajstić information content (AvgIpc) is 2.97. The topological polar surface area (TPSA) is 124 Å². The molecule has 0 unspecified atom stereocenters. The molecule has 0 radical (unpaired) electrons. The summed E-state index contributed by atoms with van der Waals surface area (Å²) in [6, 6.07) is 8.98. The number of nitrogens with one attached hydrogen (secondary N) is 1. The van der Waals surface area contributed by atoms with Crippen LogP contribution < -0.4 is 11.1 Å². The van der Waals surface area contributed by atoms with Crippen molar-refractivity contribution in [2.75, 3.05) is 25.6 Å². The summed E-state index contributed by atoms with van der Waals surface area (Å²) in [6.07, 6.45) is 2.52. The number of amides is 2. The molecular formula is C31H37ClF2N4O5. The van der Waals surface area contributed by atoms with Crippen molar-refractivity contribution in [3.8, 4) is 0 Å². The fourth-order valence-corrected chi connectivity index (χ4v) is 4.49. The molecule has 0 bridgehead atoms. The van der Waals surface area contributed by atoms with Crippen LogP contribution in [0.5, 0.6) is 0 Å². The molecule has 0 aliphatic rings. The third kappa shape index (κ3) is 10.1. The van der Waals surface area contributed by atoms with Gasteiger partial charge in [-0.05, 0) is 72.9 Å². The van der Waals surface area contributed by atoms with Gasteiger partial charge in [-0.15, -0.1) is 0 Å². The highest BCUT2D eigenvalue weighted by molar-refractivity contribution is 6.31. The Bertz CT molecular complexity index is 1420. The number of pyridine rings is 1. The van der Waals surface area contributed by atoms with E-state index in [4.69, 9.17) is 26.8 Å². The Morgan fingerprint density at radius 2 is 1.84 bits per heavy atom. The molecule has 1 heterocycles. The second kappa shape index (κ2) is 16.1. The van der Waals surface area contributed by atoms with Gasteiger partial charge in [0.15, 0.2) is 0 Å². The standard InChI is InChI=1S/C31H37ClF2N4O5/c1-19(2)29(35)30(40)42-14-5-4-8-24(38(3)27(39)13-11-20-7-6-9-25(34)28(20)32)18-43-31(41)37-26-16-22-15-23(33)12-10-21(22)17-36-26/h6-7,9-10,12,15-17,19,24,29H,4-5,8,11,13-14,18,35H2,1-3H3,(H,36,37,41)/t24-,29-/m0/s1. The second-order valence-corrected chi connectivity index (χ2v) is 11.0. The number of aryl methyl sites for hydroxylation is 1. The number of halogens is 3. The van der Waals surface area contributed by atoms with Gasteiger partial charge in [-0.3, -0.25) is 14.9 Å². The van der Waals surface area contributed by atoms with Crippen molar-refractivity contribution in [3.63, 3.8) is 0 Å². The van der Waals surface area contributed by atoms with Crippen LogP contribution in [-0.4, -0.2) is 60.2 Å². The fourth-order valence-electron chi connectivity index (χ4n) is 4.27. The maximum atomic E-state index is 13.8. The number of aromatic nitrogens is 1. The highest BCUT2D eigenvalue weighted by Crippen LogP contribution is 2.22.